The van der Waals surface area contributed by atoms with Crippen LogP contribution in [0.5, 0.6) is 0 Å². The van der Waals surface area contributed by atoms with E-state index in [-0.39, 0.29) is 0 Å². The van der Waals surface area contributed by atoms with Gasteiger partial charge in [-0.05, 0) is 41.9 Å². The minimum absolute atomic E-state index is 0.605. The Labute approximate surface area is 130 Å². The molecule has 3 nitrogen and oxygen atoms in total. The van der Waals surface area contributed by atoms with Gasteiger partial charge in [-0.15, -0.1) is 11.3 Å². The summed E-state index contributed by atoms with van der Waals surface area (Å²) in [5, 5.41) is 8.54. The standard InChI is InChI=1S/C16H11N3S2/c20-16-18-17-15(19(16)12-7-2-1-3-8-12)14-10-11-6-4-5-9-13(11)21-14/h1-10H,(H,18,20). The average molecular weight is 309 g/mol. The van der Waals surface area contributed by atoms with Crippen LogP contribution in [0, 0.1) is 4.77 Å². The number of fused-ring (bicyclic) bond motifs is 1. The number of hydrogen-bond acceptors (Lipinski definition) is 3. The lowest BCUT2D eigenvalue weighted by Crippen LogP contribution is -1.95. The Bertz CT molecular complexity index is 931. The van der Waals surface area contributed by atoms with E-state index in [1.54, 1.807) is 11.3 Å². The van der Waals surface area contributed by atoms with E-state index in [0.29, 0.717) is 4.77 Å². The zero-order valence-corrected chi connectivity index (χ0v) is 12.6. The molecule has 0 amide bonds. The van der Waals surface area contributed by atoms with Crippen molar-refractivity contribution < 1.29 is 0 Å². The minimum atomic E-state index is 0.605. The summed E-state index contributed by atoms with van der Waals surface area (Å²) in [5.74, 6) is 0.854. The van der Waals surface area contributed by atoms with Gasteiger partial charge in [0.2, 0.25) is 0 Å². The number of H-pyrrole nitrogens is 1. The molecule has 0 fully saturated rings. The van der Waals surface area contributed by atoms with Crippen LogP contribution in [-0.2, 0) is 0 Å². The summed E-state index contributed by atoms with van der Waals surface area (Å²) in [4.78, 5) is 1.10. The van der Waals surface area contributed by atoms with Crippen LogP contribution in [0.3, 0.4) is 0 Å². The Morgan fingerprint density at radius 2 is 1.76 bits per heavy atom. The molecule has 2 aromatic heterocycles. The molecule has 0 aliphatic heterocycles. The van der Waals surface area contributed by atoms with Crippen LogP contribution in [-0.4, -0.2) is 14.8 Å². The molecule has 0 aliphatic rings. The molecule has 1 N–H and O–H groups in total. The fourth-order valence-electron chi connectivity index (χ4n) is 2.37. The predicted molar refractivity (Wildman–Crippen MR) is 89.6 cm³/mol. The maximum absolute atomic E-state index is 5.39. The zero-order chi connectivity index (χ0) is 14.2. The van der Waals surface area contributed by atoms with Crippen molar-refractivity contribution in [2.45, 2.75) is 0 Å². The summed E-state index contributed by atoms with van der Waals surface area (Å²) < 4.78 is 3.83. The molecule has 2 aromatic carbocycles. The lowest BCUT2D eigenvalue weighted by atomic mass is 10.2. The van der Waals surface area contributed by atoms with Gasteiger partial charge in [-0.2, -0.15) is 5.10 Å². The molecule has 5 heteroatoms. The van der Waals surface area contributed by atoms with Crippen LogP contribution < -0.4 is 0 Å². The third-order valence-corrected chi connectivity index (χ3v) is 4.72. The Balaban J connectivity index is 1.96. The van der Waals surface area contributed by atoms with E-state index in [1.807, 2.05) is 41.0 Å². The van der Waals surface area contributed by atoms with Gasteiger partial charge in [-0.3, -0.25) is 9.67 Å². The van der Waals surface area contributed by atoms with Crippen LogP contribution in [0.1, 0.15) is 0 Å². The third-order valence-electron chi connectivity index (χ3n) is 3.33. The molecule has 0 saturated carbocycles. The first-order valence-corrected chi connectivity index (χ1v) is 7.77. The van der Waals surface area contributed by atoms with Crippen molar-refractivity contribution in [1.82, 2.24) is 14.8 Å². The number of thiophene rings is 1. The maximum Gasteiger partial charge on any atom is 0.200 e. The quantitative estimate of drug-likeness (QED) is 0.539. The molecule has 0 aliphatic carbocycles. The minimum Gasteiger partial charge on any atom is -0.267 e. The number of nitrogens with zero attached hydrogens (tertiary/aromatic N) is 2. The van der Waals surface area contributed by atoms with Crippen molar-refractivity contribution in [3.8, 4) is 16.4 Å². The van der Waals surface area contributed by atoms with Gasteiger partial charge in [0, 0.05) is 10.4 Å². The van der Waals surface area contributed by atoms with Gasteiger partial charge < -0.3 is 0 Å². The molecule has 21 heavy (non-hydrogen) atoms. The molecule has 0 saturated heterocycles. The molecule has 0 bridgehead atoms. The zero-order valence-electron chi connectivity index (χ0n) is 11.0. The fraction of sp³-hybridized carbons (Fsp3) is 0. The van der Waals surface area contributed by atoms with Crippen LogP contribution in [0.25, 0.3) is 26.5 Å². The fourth-order valence-corrected chi connectivity index (χ4v) is 3.65. The highest BCUT2D eigenvalue weighted by Crippen LogP contribution is 2.33. The molecule has 4 rings (SSSR count). The van der Waals surface area contributed by atoms with Crippen LogP contribution in [0.4, 0.5) is 0 Å². The molecule has 0 radical (unpaired) electrons. The van der Waals surface area contributed by atoms with E-state index < -0.39 is 0 Å². The summed E-state index contributed by atoms with van der Waals surface area (Å²) in [6, 6.07) is 20.5. The highest BCUT2D eigenvalue weighted by Gasteiger charge is 2.13. The molecule has 0 spiro atoms. The summed E-state index contributed by atoms with van der Waals surface area (Å²) in [7, 11) is 0. The lowest BCUT2D eigenvalue weighted by molar-refractivity contribution is 1.04. The van der Waals surface area contributed by atoms with Gasteiger partial charge in [0.1, 0.15) is 0 Å². The van der Waals surface area contributed by atoms with Gasteiger partial charge >= 0.3 is 0 Å². The van der Waals surface area contributed by atoms with Crippen molar-refractivity contribution in [2.75, 3.05) is 0 Å². The highest BCUT2D eigenvalue weighted by molar-refractivity contribution is 7.71. The van der Waals surface area contributed by atoms with Crippen molar-refractivity contribution in [3.63, 3.8) is 0 Å². The molecule has 102 valence electrons. The maximum atomic E-state index is 5.39. The van der Waals surface area contributed by atoms with Gasteiger partial charge in [0.25, 0.3) is 0 Å². The van der Waals surface area contributed by atoms with Crippen molar-refractivity contribution in [2.24, 2.45) is 0 Å². The number of aromatic nitrogens is 3. The number of para-hydroxylation sites is 1. The molecule has 0 atom stereocenters. The average Bonchev–Trinajstić information content (AvgIpc) is 3.11. The van der Waals surface area contributed by atoms with Crippen LogP contribution in [0.15, 0.2) is 60.7 Å². The molecular formula is C16H11N3S2. The van der Waals surface area contributed by atoms with E-state index in [9.17, 15) is 0 Å². The molecule has 4 aromatic rings. The molecule has 0 unspecified atom stereocenters. The van der Waals surface area contributed by atoms with Gasteiger partial charge in [-0.1, -0.05) is 36.4 Å². The van der Waals surface area contributed by atoms with Crippen molar-refractivity contribution in [1.29, 1.82) is 0 Å². The van der Waals surface area contributed by atoms with Crippen LogP contribution in [0.2, 0.25) is 0 Å². The Morgan fingerprint density at radius 1 is 1.00 bits per heavy atom. The van der Waals surface area contributed by atoms with E-state index in [4.69, 9.17) is 12.2 Å². The van der Waals surface area contributed by atoms with E-state index in [0.717, 1.165) is 16.4 Å². The second-order valence-corrected chi connectivity index (χ2v) is 6.14. The number of rotatable bonds is 2. The van der Waals surface area contributed by atoms with E-state index in [1.165, 1.54) is 10.1 Å². The molecular weight excluding hydrogens is 298 g/mol. The van der Waals surface area contributed by atoms with Crippen molar-refractivity contribution in [3.05, 3.63) is 65.4 Å². The summed E-state index contributed by atoms with van der Waals surface area (Å²) in [6.07, 6.45) is 0. The van der Waals surface area contributed by atoms with E-state index >= 15 is 0 Å². The van der Waals surface area contributed by atoms with Gasteiger partial charge in [-0.25, -0.2) is 0 Å². The van der Waals surface area contributed by atoms with Crippen LogP contribution >= 0.6 is 23.6 Å². The predicted octanol–water partition coefficient (Wildman–Crippen LogP) is 4.81. The summed E-state index contributed by atoms with van der Waals surface area (Å²) in [5.41, 5.74) is 1.02. The third kappa shape index (κ3) is 2.11. The second-order valence-electron chi connectivity index (χ2n) is 4.67. The lowest BCUT2D eigenvalue weighted by Gasteiger charge is -2.04. The number of nitrogens with one attached hydrogen (secondary N) is 1. The highest BCUT2D eigenvalue weighted by atomic mass is 32.1. The first-order valence-electron chi connectivity index (χ1n) is 6.55. The first-order chi connectivity index (χ1) is 10.3. The Morgan fingerprint density at radius 3 is 2.57 bits per heavy atom. The topological polar surface area (TPSA) is 33.6 Å². The largest absolute Gasteiger partial charge is 0.267 e. The molecule has 2 heterocycles. The first kappa shape index (κ1) is 12.5. The van der Waals surface area contributed by atoms with Gasteiger partial charge in [0.15, 0.2) is 10.6 Å². The number of hydrogen-bond donors (Lipinski definition) is 1. The number of aromatic amines is 1. The van der Waals surface area contributed by atoms with Crippen molar-refractivity contribution >= 4 is 33.6 Å². The smallest absolute Gasteiger partial charge is 0.200 e. The Hall–Kier alpha value is -2.24. The van der Waals surface area contributed by atoms with E-state index in [2.05, 4.69) is 34.5 Å². The normalized spacial score (nSPS) is 11.0. The summed E-state index contributed by atoms with van der Waals surface area (Å²) >= 11 is 7.11. The summed E-state index contributed by atoms with van der Waals surface area (Å²) in [6.45, 7) is 0. The SMILES string of the molecule is S=c1[nH]nc(-c2cc3ccccc3s2)n1-c1ccccc1. The van der Waals surface area contributed by atoms with Gasteiger partial charge in [0.05, 0.1) is 4.88 Å². The second kappa shape index (κ2) is 4.95. The number of benzene rings is 2. The monoisotopic (exact) mass is 309 g/mol. The Kier molecular flexibility index (Phi) is 2.94.